The zero-order valence-corrected chi connectivity index (χ0v) is 13.4. The largest absolute Gasteiger partial charge is 0.496 e. The van der Waals surface area contributed by atoms with Crippen molar-refractivity contribution in [2.24, 2.45) is 11.7 Å². The Balaban J connectivity index is 2.15. The van der Waals surface area contributed by atoms with Gasteiger partial charge in [-0.05, 0) is 41.7 Å². The molecule has 2 nitrogen and oxygen atoms in total. The van der Waals surface area contributed by atoms with E-state index in [1.807, 2.05) is 30.3 Å². The minimum Gasteiger partial charge on any atom is -0.496 e. The number of ether oxygens (including phenoxy) is 1. The van der Waals surface area contributed by atoms with Crippen LogP contribution in [0.5, 0.6) is 5.75 Å². The van der Waals surface area contributed by atoms with Crippen molar-refractivity contribution in [1.82, 2.24) is 0 Å². The highest BCUT2D eigenvalue weighted by molar-refractivity contribution is 9.10. The van der Waals surface area contributed by atoms with Crippen molar-refractivity contribution in [2.75, 3.05) is 7.11 Å². The lowest BCUT2D eigenvalue weighted by Gasteiger charge is -2.21. The van der Waals surface area contributed by atoms with Gasteiger partial charge in [0.25, 0.3) is 0 Å². The van der Waals surface area contributed by atoms with Gasteiger partial charge in [0.2, 0.25) is 0 Å². The van der Waals surface area contributed by atoms with Crippen molar-refractivity contribution in [3.8, 4) is 5.75 Å². The summed E-state index contributed by atoms with van der Waals surface area (Å²) >= 11 is 3.51. The summed E-state index contributed by atoms with van der Waals surface area (Å²) in [6, 6.07) is 16.3. The van der Waals surface area contributed by atoms with Gasteiger partial charge in [-0.15, -0.1) is 0 Å². The van der Waals surface area contributed by atoms with Crippen LogP contribution in [0.4, 0.5) is 0 Å². The van der Waals surface area contributed by atoms with Gasteiger partial charge < -0.3 is 10.5 Å². The second kappa shape index (κ2) is 6.91. The molecule has 2 aromatic carbocycles. The number of hydrogen-bond acceptors (Lipinski definition) is 2. The molecular formula is C17H20BrNO. The molecule has 0 aliphatic rings. The van der Waals surface area contributed by atoms with Crippen molar-refractivity contribution in [1.29, 1.82) is 0 Å². The van der Waals surface area contributed by atoms with Gasteiger partial charge in [-0.1, -0.05) is 53.2 Å². The molecule has 2 unspecified atom stereocenters. The number of halogens is 1. The van der Waals surface area contributed by atoms with E-state index in [9.17, 15) is 0 Å². The zero-order chi connectivity index (χ0) is 14.5. The van der Waals surface area contributed by atoms with Crippen molar-refractivity contribution >= 4 is 15.9 Å². The molecular weight excluding hydrogens is 314 g/mol. The predicted molar refractivity (Wildman–Crippen MR) is 86.9 cm³/mol. The topological polar surface area (TPSA) is 35.2 Å². The van der Waals surface area contributed by atoms with Crippen LogP contribution in [0.1, 0.15) is 24.1 Å². The first-order valence-corrected chi connectivity index (χ1v) is 7.54. The van der Waals surface area contributed by atoms with Crippen LogP contribution in [0.15, 0.2) is 53.0 Å². The molecule has 0 aliphatic heterocycles. The fraction of sp³-hybridized carbons (Fsp3) is 0.294. The Hall–Kier alpha value is -1.32. The first-order chi connectivity index (χ1) is 9.61. The molecule has 0 aromatic heterocycles. The van der Waals surface area contributed by atoms with E-state index in [0.29, 0.717) is 5.92 Å². The van der Waals surface area contributed by atoms with Crippen LogP contribution in [-0.4, -0.2) is 7.11 Å². The fourth-order valence-electron chi connectivity index (χ4n) is 2.38. The Labute approximate surface area is 129 Å². The number of rotatable bonds is 5. The highest BCUT2D eigenvalue weighted by atomic mass is 79.9. The van der Waals surface area contributed by atoms with Crippen LogP contribution in [0, 0.1) is 5.92 Å². The maximum atomic E-state index is 6.36. The molecule has 0 amide bonds. The molecule has 0 spiro atoms. The van der Waals surface area contributed by atoms with Gasteiger partial charge in [0.15, 0.2) is 0 Å². The maximum absolute atomic E-state index is 6.36. The molecule has 2 N–H and O–H groups in total. The molecule has 0 saturated heterocycles. The molecule has 0 radical (unpaired) electrons. The lowest BCUT2D eigenvalue weighted by Crippen LogP contribution is -2.21. The van der Waals surface area contributed by atoms with Crippen LogP contribution in [0.25, 0.3) is 0 Å². The molecule has 0 heterocycles. The van der Waals surface area contributed by atoms with E-state index < -0.39 is 0 Å². The molecule has 2 rings (SSSR count). The van der Waals surface area contributed by atoms with Gasteiger partial charge in [0.1, 0.15) is 5.75 Å². The highest BCUT2D eigenvalue weighted by Gasteiger charge is 2.17. The molecule has 0 saturated carbocycles. The molecule has 2 atom stereocenters. The molecule has 106 valence electrons. The minimum absolute atomic E-state index is 0.0277. The van der Waals surface area contributed by atoms with Crippen LogP contribution in [0.3, 0.4) is 0 Å². The quantitative estimate of drug-likeness (QED) is 0.883. The third-order valence-corrected chi connectivity index (χ3v) is 4.08. The van der Waals surface area contributed by atoms with Crippen LogP contribution in [-0.2, 0) is 6.42 Å². The van der Waals surface area contributed by atoms with Gasteiger partial charge in [0, 0.05) is 10.5 Å². The molecule has 2 aromatic rings. The Morgan fingerprint density at radius 1 is 1.15 bits per heavy atom. The van der Waals surface area contributed by atoms with Crippen LogP contribution < -0.4 is 10.5 Å². The Morgan fingerprint density at radius 2 is 1.85 bits per heavy atom. The predicted octanol–water partition coefficient (Wildman–Crippen LogP) is 4.34. The van der Waals surface area contributed by atoms with Crippen molar-refractivity contribution in [3.05, 3.63) is 64.1 Å². The normalized spacial score (nSPS) is 13.8. The summed E-state index contributed by atoms with van der Waals surface area (Å²) in [5, 5.41) is 0. The van der Waals surface area contributed by atoms with Crippen molar-refractivity contribution in [2.45, 2.75) is 19.4 Å². The summed E-state index contributed by atoms with van der Waals surface area (Å²) in [4.78, 5) is 0. The summed E-state index contributed by atoms with van der Waals surface area (Å²) < 4.78 is 6.49. The average molecular weight is 334 g/mol. The Kier molecular flexibility index (Phi) is 5.21. The van der Waals surface area contributed by atoms with Gasteiger partial charge in [-0.25, -0.2) is 0 Å². The summed E-state index contributed by atoms with van der Waals surface area (Å²) in [5.41, 5.74) is 8.72. The standard InChI is InChI=1S/C17H20BrNO/c1-12(17(19)13-6-4-3-5-7-13)10-14-11-15(18)8-9-16(14)20-2/h3-9,11-12,17H,10,19H2,1-2H3. The lowest BCUT2D eigenvalue weighted by atomic mass is 9.89. The van der Waals surface area contributed by atoms with E-state index in [1.54, 1.807) is 7.11 Å². The van der Waals surface area contributed by atoms with E-state index >= 15 is 0 Å². The molecule has 3 heteroatoms. The van der Waals surface area contributed by atoms with E-state index in [4.69, 9.17) is 10.5 Å². The number of hydrogen-bond donors (Lipinski definition) is 1. The second-order valence-corrected chi connectivity index (χ2v) is 5.99. The lowest BCUT2D eigenvalue weighted by molar-refractivity contribution is 0.399. The van der Waals surface area contributed by atoms with E-state index in [0.717, 1.165) is 16.6 Å². The monoisotopic (exact) mass is 333 g/mol. The van der Waals surface area contributed by atoms with Gasteiger partial charge in [-0.3, -0.25) is 0 Å². The second-order valence-electron chi connectivity index (χ2n) is 5.07. The Bertz CT molecular complexity index is 556. The number of benzene rings is 2. The van der Waals surface area contributed by atoms with Gasteiger partial charge in [-0.2, -0.15) is 0 Å². The molecule has 0 bridgehead atoms. The summed E-state index contributed by atoms with van der Waals surface area (Å²) in [6.07, 6.45) is 0.888. The van der Waals surface area contributed by atoms with Crippen LogP contribution >= 0.6 is 15.9 Å². The van der Waals surface area contributed by atoms with E-state index in [1.165, 1.54) is 11.1 Å². The molecule has 0 aliphatic carbocycles. The third-order valence-electron chi connectivity index (χ3n) is 3.58. The number of nitrogens with two attached hydrogens (primary N) is 1. The first-order valence-electron chi connectivity index (χ1n) is 6.74. The van der Waals surface area contributed by atoms with E-state index in [2.05, 4.69) is 41.1 Å². The minimum atomic E-state index is 0.0277. The van der Waals surface area contributed by atoms with Crippen LogP contribution in [0.2, 0.25) is 0 Å². The number of methoxy groups -OCH3 is 1. The Morgan fingerprint density at radius 3 is 2.50 bits per heavy atom. The summed E-state index contributed by atoms with van der Waals surface area (Å²) in [5.74, 6) is 1.25. The smallest absolute Gasteiger partial charge is 0.122 e. The molecule has 0 fully saturated rings. The maximum Gasteiger partial charge on any atom is 0.122 e. The van der Waals surface area contributed by atoms with Gasteiger partial charge in [0.05, 0.1) is 7.11 Å². The van der Waals surface area contributed by atoms with Crippen molar-refractivity contribution in [3.63, 3.8) is 0 Å². The fourth-order valence-corrected chi connectivity index (χ4v) is 2.79. The SMILES string of the molecule is COc1ccc(Br)cc1CC(C)C(N)c1ccccc1. The van der Waals surface area contributed by atoms with Crippen molar-refractivity contribution < 1.29 is 4.74 Å². The highest BCUT2D eigenvalue weighted by Crippen LogP contribution is 2.29. The summed E-state index contributed by atoms with van der Waals surface area (Å²) in [6.45, 7) is 2.18. The third kappa shape index (κ3) is 3.62. The van der Waals surface area contributed by atoms with Gasteiger partial charge >= 0.3 is 0 Å². The van der Waals surface area contributed by atoms with E-state index in [-0.39, 0.29) is 6.04 Å². The summed E-state index contributed by atoms with van der Waals surface area (Å²) in [7, 11) is 1.70. The first kappa shape index (κ1) is 15.1. The average Bonchev–Trinajstić information content (AvgIpc) is 2.47. The zero-order valence-electron chi connectivity index (χ0n) is 11.8. The molecule has 20 heavy (non-hydrogen) atoms.